The van der Waals surface area contributed by atoms with Crippen molar-refractivity contribution in [3.8, 4) is 0 Å². The molecule has 0 saturated carbocycles. The van der Waals surface area contributed by atoms with Crippen molar-refractivity contribution in [1.29, 1.82) is 5.41 Å². The lowest BCUT2D eigenvalue weighted by atomic mass is 10.0. The topological polar surface area (TPSA) is 240 Å². The largest absolute Gasteiger partial charge is 0.463 e. The number of amidine groups is 1. The van der Waals surface area contributed by atoms with Crippen molar-refractivity contribution in [2.45, 2.75) is 37.4 Å². The third kappa shape index (κ3) is 8.21. The quantitative estimate of drug-likeness (QED) is 0.0485. The molecule has 244 valence electrons. The van der Waals surface area contributed by atoms with Crippen LogP contribution in [0.1, 0.15) is 28.2 Å². The molecule has 0 aliphatic rings. The van der Waals surface area contributed by atoms with Crippen molar-refractivity contribution < 1.29 is 39.9 Å². The molecule has 0 aliphatic carbocycles. The van der Waals surface area contributed by atoms with Gasteiger partial charge in [-0.15, -0.1) is 0 Å². The number of amides is 1. The number of nitrogens with two attached hydrogens (primary N) is 1. The van der Waals surface area contributed by atoms with Crippen LogP contribution in [0.25, 0.3) is 11.0 Å². The summed E-state index contributed by atoms with van der Waals surface area (Å²) in [6.45, 7) is -1.27. The highest BCUT2D eigenvalue weighted by Crippen LogP contribution is 2.21. The fraction of sp³-hybridized carbons (Fsp3) is 0.323. The monoisotopic (exact) mass is 635 g/mol. The minimum absolute atomic E-state index is 0.0145. The highest BCUT2D eigenvalue weighted by molar-refractivity contribution is 6.07. The van der Waals surface area contributed by atoms with Crippen LogP contribution in [-0.4, -0.2) is 102 Å². The maximum absolute atomic E-state index is 13.7. The first-order valence-electron chi connectivity index (χ1n) is 14.4. The number of aliphatic hydroxyl groups is 5. The van der Waals surface area contributed by atoms with E-state index in [1.54, 1.807) is 48.5 Å². The van der Waals surface area contributed by atoms with Gasteiger partial charge in [0.25, 0.3) is 5.91 Å². The first-order valence-corrected chi connectivity index (χ1v) is 14.4. The van der Waals surface area contributed by atoms with Crippen molar-refractivity contribution >= 4 is 40.3 Å². The lowest BCUT2D eigenvalue weighted by Crippen LogP contribution is -2.47. The molecule has 0 radical (unpaired) electrons. The smallest absolute Gasteiger partial charge is 0.307 e. The summed E-state index contributed by atoms with van der Waals surface area (Å²) < 4.78 is 6.91. The average molecular weight is 636 g/mol. The molecule has 2 aromatic carbocycles. The van der Waals surface area contributed by atoms with E-state index in [0.29, 0.717) is 34.8 Å². The van der Waals surface area contributed by atoms with Crippen LogP contribution in [-0.2, 0) is 23.1 Å². The van der Waals surface area contributed by atoms with Crippen LogP contribution in [0.3, 0.4) is 0 Å². The van der Waals surface area contributed by atoms with Crippen molar-refractivity contribution in [2.75, 3.05) is 30.0 Å². The van der Waals surface area contributed by atoms with Gasteiger partial charge in [-0.3, -0.25) is 19.9 Å². The molecule has 0 bridgehead atoms. The zero-order valence-electron chi connectivity index (χ0n) is 25.0. The number of anilines is 2. The summed E-state index contributed by atoms with van der Waals surface area (Å²) in [4.78, 5) is 36.5. The number of benzene rings is 2. The summed E-state index contributed by atoms with van der Waals surface area (Å²) in [6, 6.07) is 17.2. The average Bonchev–Trinajstić information content (AvgIpc) is 3.39. The molecule has 15 nitrogen and oxygen atoms in total. The highest BCUT2D eigenvalue weighted by atomic mass is 16.5. The van der Waals surface area contributed by atoms with Crippen LogP contribution in [0.2, 0.25) is 0 Å². The Morgan fingerprint density at radius 2 is 1.72 bits per heavy atom. The van der Waals surface area contributed by atoms with Gasteiger partial charge in [-0.1, -0.05) is 6.07 Å². The Hall–Kier alpha value is -4.93. The predicted octanol–water partition coefficient (Wildman–Crippen LogP) is -0.120. The normalized spacial score (nSPS) is 13.9. The third-order valence-corrected chi connectivity index (χ3v) is 7.32. The number of nitrogen functional groups attached to an aromatic ring is 1. The number of rotatable bonds is 15. The van der Waals surface area contributed by atoms with E-state index in [1.807, 2.05) is 23.7 Å². The molecular weight excluding hydrogens is 598 g/mol. The number of nitrogens with one attached hydrogen (secondary N) is 2. The van der Waals surface area contributed by atoms with Crippen LogP contribution in [0, 0.1) is 5.41 Å². The summed E-state index contributed by atoms with van der Waals surface area (Å²) in [5.74, 6) is -0.255. The van der Waals surface area contributed by atoms with Gasteiger partial charge in [-0.05, 0) is 54.6 Å². The Morgan fingerprint density at radius 1 is 1.02 bits per heavy atom. The SMILES string of the molecule is Cn1c(CNc2ccc(C(=N)N)cc2)nc2cc(C(=O)N(CCC(=O)OCC(O)C(O)C(O)C(O)CO)c3ccccn3)ccc21. The van der Waals surface area contributed by atoms with E-state index in [0.717, 1.165) is 11.2 Å². The molecule has 2 heterocycles. The summed E-state index contributed by atoms with van der Waals surface area (Å²) in [7, 11) is 1.86. The van der Waals surface area contributed by atoms with Crippen molar-refractivity contribution in [3.63, 3.8) is 0 Å². The van der Waals surface area contributed by atoms with Crippen molar-refractivity contribution in [1.82, 2.24) is 14.5 Å². The Kier molecular flexibility index (Phi) is 11.3. The molecule has 4 atom stereocenters. The molecule has 46 heavy (non-hydrogen) atoms. The summed E-state index contributed by atoms with van der Waals surface area (Å²) in [6.07, 6.45) is -5.94. The van der Waals surface area contributed by atoms with Gasteiger partial charge in [-0.2, -0.15) is 0 Å². The number of hydrogen-bond acceptors (Lipinski definition) is 12. The number of imidazole rings is 1. The summed E-state index contributed by atoms with van der Waals surface area (Å²) in [5, 5.41) is 58.9. The van der Waals surface area contributed by atoms with E-state index in [2.05, 4.69) is 10.3 Å². The molecule has 0 spiro atoms. The number of esters is 1. The van der Waals surface area contributed by atoms with E-state index < -0.39 is 49.5 Å². The van der Waals surface area contributed by atoms with Crippen LogP contribution in [0.5, 0.6) is 0 Å². The molecule has 0 saturated heterocycles. The van der Waals surface area contributed by atoms with Gasteiger partial charge in [-0.25, -0.2) is 9.97 Å². The van der Waals surface area contributed by atoms with Crippen LogP contribution < -0.4 is 16.0 Å². The van der Waals surface area contributed by atoms with Crippen molar-refractivity contribution in [3.05, 3.63) is 83.8 Å². The number of ether oxygens (including phenoxy) is 1. The van der Waals surface area contributed by atoms with Crippen LogP contribution >= 0.6 is 0 Å². The lowest BCUT2D eigenvalue weighted by molar-refractivity contribution is -0.156. The minimum atomic E-state index is -1.88. The summed E-state index contributed by atoms with van der Waals surface area (Å²) in [5.41, 5.74) is 8.64. The maximum Gasteiger partial charge on any atom is 0.307 e. The Labute approximate surface area is 264 Å². The van der Waals surface area contributed by atoms with E-state index in [-0.39, 0.29) is 18.8 Å². The van der Waals surface area contributed by atoms with E-state index in [4.69, 9.17) is 26.0 Å². The zero-order valence-corrected chi connectivity index (χ0v) is 25.0. The molecule has 0 aliphatic heterocycles. The third-order valence-electron chi connectivity index (χ3n) is 7.32. The molecule has 4 rings (SSSR count). The second-order valence-corrected chi connectivity index (χ2v) is 10.5. The van der Waals surface area contributed by atoms with Gasteiger partial charge in [0.15, 0.2) is 0 Å². The van der Waals surface area contributed by atoms with E-state index >= 15 is 0 Å². The first kappa shape index (κ1) is 34.0. The second kappa shape index (κ2) is 15.4. The van der Waals surface area contributed by atoms with Crippen LogP contribution in [0.4, 0.5) is 11.5 Å². The predicted molar refractivity (Wildman–Crippen MR) is 168 cm³/mol. The van der Waals surface area contributed by atoms with Crippen LogP contribution in [0.15, 0.2) is 66.9 Å². The van der Waals surface area contributed by atoms with Gasteiger partial charge in [0, 0.05) is 36.6 Å². The number of aliphatic hydroxyl groups excluding tert-OH is 5. The fourth-order valence-electron chi connectivity index (χ4n) is 4.59. The first-order chi connectivity index (χ1) is 22.0. The number of carbonyl (C=O) groups is 2. The number of fused-ring (bicyclic) bond motifs is 1. The van der Waals surface area contributed by atoms with Gasteiger partial charge < -0.3 is 45.9 Å². The molecule has 4 aromatic rings. The van der Waals surface area contributed by atoms with Gasteiger partial charge >= 0.3 is 5.97 Å². The molecule has 15 heteroatoms. The summed E-state index contributed by atoms with van der Waals surface area (Å²) >= 11 is 0. The molecule has 4 unspecified atom stereocenters. The van der Waals surface area contributed by atoms with Gasteiger partial charge in [0.05, 0.1) is 30.6 Å². The molecule has 9 N–H and O–H groups in total. The fourth-order valence-corrected chi connectivity index (χ4v) is 4.59. The number of pyridine rings is 1. The van der Waals surface area contributed by atoms with E-state index in [1.165, 1.54) is 11.1 Å². The number of hydrogen-bond donors (Lipinski definition) is 8. The van der Waals surface area contributed by atoms with Gasteiger partial charge in [0.2, 0.25) is 0 Å². The Bertz CT molecular complexity index is 1650. The Balaban J connectivity index is 1.44. The number of nitrogens with zero attached hydrogens (tertiary/aromatic N) is 4. The molecule has 2 aromatic heterocycles. The van der Waals surface area contributed by atoms with Crippen molar-refractivity contribution in [2.24, 2.45) is 12.8 Å². The zero-order chi connectivity index (χ0) is 33.4. The number of aromatic nitrogens is 3. The number of carbonyl (C=O) groups excluding carboxylic acids is 2. The standard InChI is InChI=1S/C31H37N7O8/c1-37-22-10-7-19(14-21(22)36-26(37)15-35-20-8-5-18(6-9-20)30(32)33)31(45)38(25-4-2-3-12-34-25)13-11-27(42)46-17-24(41)29(44)28(43)23(40)16-39/h2-10,12,14,23-24,28-29,35,39-41,43-44H,11,13,15-17H2,1H3,(H3,32,33). The molecule has 0 fully saturated rings. The Morgan fingerprint density at radius 3 is 2.37 bits per heavy atom. The minimum Gasteiger partial charge on any atom is -0.463 e. The second-order valence-electron chi connectivity index (χ2n) is 10.5. The molecule has 1 amide bonds. The highest BCUT2D eigenvalue weighted by Gasteiger charge is 2.31. The maximum atomic E-state index is 13.7. The lowest BCUT2D eigenvalue weighted by Gasteiger charge is -2.25. The molecular formula is C31H37N7O8. The van der Waals surface area contributed by atoms with Gasteiger partial charge in [0.1, 0.15) is 48.5 Å². The van der Waals surface area contributed by atoms with E-state index in [9.17, 15) is 30.0 Å². The number of aryl methyl sites for hydroxylation is 1.